The van der Waals surface area contributed by atoms with E-state index in [1.54, 1.807) is 24.3 Å². The van der Waals surface area contributed by atoms with Crippen LogP contribution < -0.4 is 20.5 Å². The number of nitrogens with one attached hydrogen (secondary N) is 2. The number of rotatable bonds is 8. The fourth-order valence-corrected chi connectivity index (χ4v) is 3.53. The third kappa shape index (κ3) is 6.34. The largest absolute Gasteiger partial charge is 0.457 e. The topological polar surface area (TPSA) is 106 Å². The summed E-state index contributed by atoms with van der Waals surface area (Å²) in [7, 11) is -3.55. The van der Waals surface area contributed by atoms with E-state index in [9.17, 15) is 8.42 Å². The van der Waals surface area contributed by atoms with Crippen LogP contribution in [0.25, 0.3) is 0 Å². The molecule has 0 spiro atoms. The second-order valence-electron chi connectivity index (χ2n) is 6.05. The lowest BCUT2D eigenvalue weighted by atomic mass is 10.3. The molecule has 0 aliphatic heterocycles. The molecule has 0 bridgehead atoms. The summed E-state index contributed by atoms with van der Waals surface area (Å²) >= 11 is 0. The number of sulfonamides is 1. The van der Waals surface area contributed by atoms with Gasteiger partial charge in [0.2, 0.25) is 10.0 Å². The van der Waals surface area contributed by atoms with Gasteiger partial charge in [-0.15, -0.1) is 0 Å². The van der Waals surface area contributed by atoms with Gasteiger partial charge < -0.3 is 15.8 Å². The van der Waals surface area contributed by atoms with Crippen molar-refractivity contribution in [3.8, 4) is 11.5 Å². The Morgan fingerprint density at radius 1 is 0.897 bits per heavy atom. The maximum atomic E-state index is 12.1. The molecule has 8 heteroatoms. The van der Waals surface area contributed by atoms with Gasteiger partial charge in [-0.25, -0.2) is 13.1 Å². The summed E-state index contributed by atoms with van der Waals surface area (Å²) in [4.78, 5) is 4.36. The first-order chi connectivity index (χ1) is 14.0. The lowest BCUT2D eigenvalue weighted by Crippen LogP contribution is -2.28. The van der Waals surface area contributed by atoms with E-state index in [4.69, 9.17) is 10.5 Å². The highest BCUT2D eigenvalue weighted by atomic mass is 32.2. The highest BCUT2D eigenvalue weighted by Crippen LogP contribution is 2.23. The Hall–Kier alpha value is -3.36. The molecule has 0 aliphatic carbocycles. The van der Waals surface area contributed by atoms with Crippen molar-refractivity contribution in [2.45, 2.75) is 4.90 Å². The quantitative estimate of drug-likeness (QED) is 0.300. The van der Waals surface area contributed by atoms with Crippen LogP contribution in [0.4, 0.5) is 5.69 Å². The van der Waals surface area contributed by atoms with E-state index in [-0.39, 0.29) is 23.9 Å². The molecule has 0 unspecified atom stereocenters. The molecule has 0 aromatic heterocycles. The Morgan fingerprint density at radius 3 is 2.28 bits per heavy atom. The summed E-state index contributed by atoms with van der Waals surface area (Å²) in [6.07, 6.45) is 0. The predicted octanol–water partition coefficient (Wildman–Crippen LogP) is 3.18. The van der Waals surface area contributed by atoms with Crippen LogP contribution in [0.3, 0.4) is 0 Å². The summed E-state index contributed by atoms with van der Waals surface area (Å²) in [5, 5.41) is 2.97. The van der Waals surface area contributed by atoms with Gasteiger partial charge in [0, 0.05) is 18.3 Å². The number of nitrogens with zero attached hydrogens (tertiary/aromatic N) is 1. The number of benzene rings is 3. The zero-order valence-electron chi connectivity index (χ0n) is 15.7. The number of anilines is 1. The molecule has 0 heterocycles. The first-order valence-corrected chi connectivity index (χ1v) is 10.5. The highest BCUT2D eigenvalue weighted by Gasteiger charge is 2.11. The predicted molar refractivity (Wildman–Crippen MR) is 115 cm³/mol. The van der Waals surface area contributed by atoms with Gasteiger partial charge in [-0.05, 0) is 36.4 Å². The van der Waals surface area contributed by atoms with E-state index in [2.05, 4.69) is 15.0 Å². The number of guanidine groups is 1. The average Bonchev–Trinajstić information content (AvgIpc) is 2.73. The Balaban J connectivity index is 1.51. The van der Waals surface area contributed by atoms with Crippen molar-refractivity contribution in [1.29, 1.82) is 0 Å². The SMILES string of the molecule is NC(=NCCNS(=O)(=O)c1ccccc1)Nc1cccc(Oc2ccccc2)c1. The summed E-state index contributed by atoms with van der Waals surface area (Å²) < 4.78 is 32.5. The van der Waals surface area contributed by atoms with Gasteiger partial charge in [0.15, 0.2) is 5.96 Å². The molecule has 29 heavy (non-hydrogen) atoms. The minimum Gasteiger partial charge on any atom is -0.457 e. The van der Waals surface area contributed by atoms with Crippen molar-refractivity contribution in [1.82, 2.24) is 4.72 Å². The second-order valence-corrected chi connectivity index (χ2v) is 7.81. The molecule has 3 rings (SSSR count). The summed E-state index contributed by atoms with van der Waals surface area (Å²) in [6, 6.07) is 24.9. The molecule has 0 saturated heterocycles. The molecule has 0 aliphatic rings. The lowest BCUT2D eigenvalue weighted by Gasteiger charge is -2.09. The van der Waals surface area contributed by atoms with E-state index in [1.807, 2.05) is 48.5 Å². The van der Waals surface area contributed by atoms with Crippen molar-refractivity contribution in [2.75, 3.05) is 18.4 Å². The van der Waals surface area contributed by atoms with E-state index in [0.717, 1.165) is 5.75 Å². The zero-order chi connectivity index (χ0) is 20.5. The Labute approximate surface area is 170 Å². The van der Waals surface area contributed by atoms with Crippen LogP contribution in [-0.4, -0.2) is 27.5 Å². The normalized spacial score (nSPS) is 11.8. The first kappa shape index (κ1) is 20.4. The van der Waals surface area contributed by atoms with Crippen LogP contribution in [0.1, 0.15) is 0 Å². The van der Waals surface area contributed by atoms with E-state index >= 15 is 0 Å². The molecule has 0 fully saturated rings. The zero-order valence-corrected chi connectivity index (χ0v) is 16.5. The van der Waals surface area contributed by atoms with Crippen LogP contribution in [0.15, 0.2) is 94.8 Å². The summed E-state index contributed by atoms with van der Waals surface area (Å²) in [6.45, 7) is 0.335. The van der Waals surface area contributed by atoms with Gasteiger partial charge in [-0.3, -0.25) is 4.99 Å². The van der Waals surface area contributed by atoms with Gasteiger partial charge in [-0.1, -0.05) is 42.5 Å². The molecular weight excluding hydrogens is 388 g/mol. The molecule has 3 aromatic rings. The fourth-order valence-electron chi connectivity index (χ4n) is 2.49. The number of aliphatic imine (C=N–C) groups is 1. The summed E-state index contributed by atoms with van der Waals surface area (Å²) in [5.41, 5.74) is 6.60. The van der Waals surface area contributed by atoms with E-state index < -0.39 is 10.0 Å². The van der Waals surface area contributed by atoms with Gasteiger partial charge >= 0.3 is 0 Å². The van der Waals surface area contributed by atoms with Crippen molar-refractivity contribution in [2.24, 2.45) is 10.7 Å². The van der Waals surface area contributed by atoms with Crippen LogP contribution >= 0.6 is 0 Å². The standard InChI is InChI=1S/C21H22N4O3S/c22-21(23-14-15-24-29(26,27)20-12-5-2-6-13-20)25-17-8-7-11-19(16-17)28-18-9-3-1-4-10-18/h1-13,16,24H,14-15H2,(H3,22,23,25). The van der Waals surface area contributed by atoms with Crippen LogP contribution in [0.5, 0.6) is 11.5 Å². The number of ether oxygens (including phenoxy) is 1. The number of hydrogen-bond acceptors (Lipinski definition) is 4. The van der Waals surface area contributed by atoms with Crippen molar-refractivity contribution >= 4 is 21.7 Å². The number of nitrogens with two attached hydrogens (primary N) is 1. The Morgan fingerprint density at radius 2 is 1.55 bits per heavy atom. The molecule has 0 atom stereocenters. The van der Waals surface area contributed by atoms with E-state index in [0.29, 0.717) is 11.4 Å². The van der Waals surface area contributed by atoms with Crippen molar-refractivity contribution in [3.05, 3.63) is 84.9 Å². The number of hydrogen-bond donors (Lipinski definition) is 3. The fraction of sp³-hybridized carbons (Fsp3) is 0.0952. The van der Waals surface area contributed by atoms with Gasteiger partial charge in [0.25, 0.3) is 0 Å². The molecule has 0 amide bonds. The molecule has 0 saturated carbocycles. The van der Waals surface area contributed by atoms with Crippen molar-refractivity contribution in [3.63, 3.8) is 0 Å². The molecule has 3 aromatic carbocycles. The van der Waals surface area contributed by atoms with Crippen LogP contribution in [-0.2, 0) is 10.0 Å². The maximum absolute atomic E-state index is 12.1. The average molecular weight is 410 g/mol. The van der Waals surface area contributed by atoms with E-state index in [1.165, 1.54) is 12.1 Å². The highest BCUT2D eigenvalue weighted by molar-refractivity contribution is 7.89. The van der Waals surface area contributed by atoms with Crippen molar-refractivity contribution < 1.29 is 13.2 Å². The first-order valence-electron chi connectivity index (χ1n) is 8.97. The lowest BCUT2D eigenvalue weighted by molar-refractivity contribution is 0.483. The van der Waals surface area contributed by atoms with Crippen LogP contribution in [0.2, 0.25) is 0 Å². The molecule has 150 valence electrons. The number of para-hydroxylation sites is 1. The minimum atomic E-state index is -3.55. The van der Waals surface area contributed by atoms with Crippen LogP contribution in [0, 0.1) is 0 Å². The third-order valence-electron chi connectivity index (χ3n) is 3.82. The summed E-state index contributed by atoms with van der Waals surface area (Å²) in [5.74, 6) is 1.57. The van der Waals surface area contributed by atoms with Gasteiger partial charge in [-0.2, -0.15) is 0 Å². The third-order valence-corrected chi connectivity index (χ3v) is 5.30. The molecule has 4 N–H and O–H groups in total. The van der Waals surface area contributed by atoms with Gasteiger partial charge in [0.1, 0.15) is 11.5 Å². The smallest absolute Gasteiger partial charge is 0.240 e. The Kier molecular flexibility index (Phi) is 6.83. The molecule has 7 nitrogen and oxygen atoms in total. The Bertz CT molecular complexity index is 1060. The maximum Gasteiger partial charge on any atom is 0.240 e. The molecule has 0 radical (unpaired) electrons. The van der Waals surface area contributed by atoms with Gasteiger partial charge in [0.05, 0.1) is 11.4 Å². The minimum absolute atomic E-state index is 0.136. The molecular formula is C21H22N4O3S. The monoisotopic (exact) mass is 410 g/mol. The second kappa shape index (κ2) is 9.72.